The summed E-state index contributed by atoms with van der Waals surface area (Å²) in [6, 6.07) is 10.6. The van der Waals surface area contributed by atoms with Crippen molar-refractivity contribution in [3.63, 3.8) is 0 Å². The number of pyridine rings is 1. The lowest BCUT2D eigenvalue weighted by Crippen LogP contribution is -2.25. The van der Waals surface area contributed by atoms with E-state index < -0.39 is 27.3 Å². The predicted octanol–water partition coefficient (Wildman–Crippen LogP) is 2.92. The fourth-order valence-corrected chi connectivity index (χ4v) is 3.94. The summed E-state index contributed by atoms with van der Waals surface area (Å²) in [5.41, 5.74) is 1.68. The van der Waals surface area contributed by atoms with Crippen molar-refractivity contribution in [2.45, 2.75) is 19.6 Å². The molecule has 2 heterocycles. The lowest BCUT2D eigenvalue weighted by molar-refractivity contribution is -0.113. The lowest BCUT2D eigenvalue weighted by atomic mass is 10.2. The van der Waals surface area contributed by atoms with Crippen molar-refractivity contribution in [1.82, 2.24) is 9.97 Å². The summed E-state index contributed by atoms with van der Waals surface area (Å²) in [4.78, 5) is 20.5. The number of nitrogens with one attached hydrogen (secondary N) is 1. The van der Waals surface area contributed by atoms with Crippen LogP contribution in [0.25, 0.3) is 11.5 Å². The van der Waals surface area contributed by atoms with Gasteiger partial charge in [-0.1, -0.05) is 12.1 Å². The van der Waals surface area contributed by atoms with Gasteiger partial charge in [-0.2, -0.15) is 0 Å². The van der Waals surface area contributed by atoms with Gasteiger partial charge in [0.05, 0.1) is 18.6 Å². The number of amides is 1. The van der Waals surface area contributed by atoms with Crippen LogP contribution < -0.4 is 10.1 Å². The Labute approximate surface area is 168 Å². The molecule has 0 aliphatic heterocycles. The number of methoxy groups -OCH3 is 1. The van der Waals surface area contributed by atoms with E-state index in [1.165, 1.54) is 6.20 Å². The van der Waals surface area contributed by atoms with Crippen molar-refractivity contribution in [2.24, 2.45) is 0 Å². The van der Waals surface area contributed by atoms with Gasteiger partial charge in [0, 0.05) is 11.8 Å². The van der Waals surface area contributed by atoms with E-state index in [9.17, 15) is 13.2 Å². The van der Waals surface area contributed by atoms with E-state index in [0.717, 1.165) is 5.56 Å². The molecule has 0 radical (unpaired) electrons. The van der Waals surface area contributed by atoms with Crippen molar-refractivity contribution in [1.29, 1.82) is 0 Å². The van der Waals surface area contributed by atoms with Gasteiger partial charge in [-0.25, -0.2) is 18.4 Å². The van der Waals surface area contributed by atoms with Crippen LogP contribution in [0.2, 0.25) is 0 Å². The van der Waals surface area contributed by atoms with E-state index in [0.29, 0.717) is 28.8 Å². The van der Waals surface area contributed by atoms with Crippen LogP contribution in [-0.4, -0.2) is 37.2 Å². The molecule has 3 rings (SSSR count). The molecular formula is C20H21N3O5S. The molecular weight excluding hydrogens is 394 g/mol. The van der Waals surface area contributed by atoms with Crippen LogP contribution in [-0.2, 0) is 20.4 Å². The third-order valence-electron chi connectivity index (χ3n) is 4.18. The number of hydrogen-bond donors (Lipinski definition) is 1. The predicted molar refractivity (Wildman–Crippen MR) is 108 cm³/mol. The van der Waals surface area contributed by atoms with Gasteiger partial charge in [0.25, 0.3) is 0 Å². The molecule has 29 heavy (non-hydrogen) atoms. The van der Waals surface area contributed by atoms with E-state index in [4.69, 9.17) is 9.15 Å². The highest BCUT2D eigenvalue weighted by molar-refractivity contribution is 7.91. The SMILES string of the molecule is COc1cccc(-c2nc(CS(=O)(=O)CC(=O)Nc3ncccc3C)c(C)o2)c1. The summed E-state index contributed by atoms with van der Waals surface area (Å²) in [6.45, 7) is 3.41. The summed E-state index contributed by atoms with van der Waals surface area (Å²) < 4.78 is 35.8. The summed E-state index contributed by atoms with van der Waals surface area (Å²) >= 11 is 0. The number of carbonyl (C=O) groups excluding carboxylic acids is 1. The number of nitrogens with zero attached hydrogens (tertiary/aromatic N) is 2. The van der Waals surface area contributed by atoms with Gasteiger partial charge >= 0.3 is 0 Å². The summed E-state index contributed by atoms with van der Waals surface area (Å²) in [5.74, 6) is -0.0850. The molecule has 0 spiro atoms. The lowest BCUT2D eigenvalue weighted by Gasteiger charge is -2.07. The smallest absolute Gasteiger partial charge is 0.240 e. The van der Waals surface area contributed by atoms with Gasteiger partial charge in [-0.3, -0.25) is 4.79 Å². The molecule has 0 aliphatic carbocycles. The minimum Gasteiger partial charge on any atom is -0.497 e. The number of benzene rings is 1. The molecule has 2 aromatic heterocycles. The van der Waals surface area contributed by atoms with Crippen molar-refractivity contribution in [3.05, 3.63) is 59.6 Å². The molecule has 3 aromatic rings. The molecule has 0 bridgehead atoms. The Morgan fingerprint density at radius 1 is 1.21 bits per heavy atom. The Morgan fingerprint density at radius 2 is 2.00 bits per heavy atom. The van der Waals surface area contributed by atoms with Crippen LogP contribution in [0.5, 0.6) is 5.75 Å². The zero-order valence-electron chi connectivity index (χ0n) is 16.3. The minimum atomic E-state index is -3.76. The zero-order chi connectivity index (χ0) is 21.0. The van der Waals surface area contributed by atoms with Crippen molar-refractivity contribution in [2.75, 3.05) is 18.2 Å². The third kappa shape index (κ3) is 5.20. The molecule has 152 valence electrons. The standard InChI is InChI=1S/C20H21N3O5S/c1-13-6-5-9-21-19(13)23-18(24)12-29(25,26)11-17-14(2)28-20(22-17)15-7-4-8-16(10-15)27-3/h4-10H,11-12H2,1-3H3,(H,21,23,24). The fraction of sp³-hybridized carbons (Fsp3) is 0.250. The van der Waals surface area contributed by atoms with Gasteiger partial charge in [-0.15, -0.1) is 0 Å². The number of ether oxygens (including phenoxy) is 1. The van der Waals surface area contributed by atoms with Gasteiger partial charge in [0.1, 0.15) is 23.1 Å². The number of anilines is 1. The molecule has 1 amide bonds. The summed E-state index contributed by atoms with van der Waals surface area (Å²) in [5, 5.41) is 2.52. The van der Waals surface area contributed by atoms with Crippen LogP contribution in [0.1, 0.15) is 17.0 Å². The maximum atomic E-state index is 12.5. The Morgan fingerprint density at radius 3 is 2.72 bits per heavy atom. The first-order valence-corrected chi connectivity index (χ1v) is 10.6. The molecule has 0 fully saturated rings. The van der Waals surface area contributed by atoms with E-state index in [2.05, 4.69) is 15.3 Å². The van der Waals surface area contributed by atoms with E-state index in [1.807, 2.05) is 0 Å². The molecule has 0 saturated heterocycles. The fourth-order valence-electron chi connectivity index (χ4n) is 2.69. The topological polar surface area (TPSA) is 111 Å². The Kier molecular flexibility index (Phi) is 5.97. The van der Waals surface area contributed by atoms with Crippen LogP contribution in [0, 0.1) is 13.8 Å². The van der Waals surface area contributed by atoms with Gasteiger partial charge < -0.3 is 14.5 Å². The third-order valence-corrected chi connectivity index (χ3v) is 5.60. The average Bonchev–Trinajstić information content (AvgIpc) is 3.03. The highest BCUT2D eigenvalue weighted by Crippen LogP contribution is 2.26. The molecule has 0 unspecified atom stereocenters. The molecule has 0 atom stereocenters. The van der Waals surface area contributed by atoms with Crippen LogP contribution >= 0.6 is 0 Å². The summed E-state index contributed by atoms with van der Waals surface area (Å²) in [7, 11) is -2.21. The highest BCUT2D eigenvalue weighted by atomic mass is 32.2. The van der Waals surface area contributed by atoms with Crippen LogP contribution in [0.15, 0.2) is 47.0 Å². The number of aromatic nitrogens is 2. The number of hydrogen-bond acceptors (Lipinski definition) is 7. The number of oxazole rings is 1. The van der Waals surface area contributed by atoms with Gasteiger partial charge in [0.15, 0.2) is 9.84 Å². The van der Waals surface area contributed by atoms with Crippen LogP contribution in [0.4, 0.5) is 5.82 Å². The van der Waals surface area contributed by atoms with E-state index in [1.54, 1.807) is 57.4 Å². The highest BCUT2D eigenvalue weighted by Gasteiger charge is 2.22. The Hall–Kier alpha value is -3.20. The molecule has 0 aliphatic rings. The second-order valence-corrected chi connectivity index (χ2v) is 8.57. The van der Waals surface area contributed by atoms with Crippen molar-refractivity contribution in [3.8, 4) is 17.2 Å². The van der Waals surface area contributed by atoms with Gasteiger partial charge in [0.2, 0.25) is 11.8 Å². The largest absolute Gasteiger partial charge is 0.497 e. The average molecular weight is 415 g/mol. The first-order chi connectivity index (χ1) is 13.8. The number of rotatable bonds is 7. The minimum absolute atomic E-state index is 0.268. The molecule has 1 N–H and O–H groups in total. The van der Waals surface area contributed by atoms with Crippen molar-refractivity contribution >= 4 is 21.6 Å². The zero-order valence-corrected chi connectivity index (χ0v) is 17.1. The Balaban J connectivity index is 1.72. The molecule has 9 heteroatoms. The number of aryl methyl sites for hydroxylation is 2. The van der Waals surface area contributed by atoms with Crippen molar-refractivity contribution < 1.29 is 22.4 Å². The maximum Gasteiger partial charge on any atom is 0.240 e. The molecule has 1 aromatic carbocycles. The summed E-state index contributed by atoms with van der Waals surface area (Å²) in [6.07, 6.45) is 1.52. The van der Waals surface area contributed by atoms with E-state index >= 15 is 0 Å². The first kappa shape index (κ1) is 20.5. The van der Waals surface area contributed by atoms with Crippen LogP contribution in [0.3, 0.4) is 0 Å². The van der Waals surface area contributed by atoms with E-state index in [-0.39, 0.29) is 5.69 Å². The monoisotopic (exact) mass is 415 g/mol. The quantitative estimate of drug-likeness (QED) is 0.631. The first-order valence-electron chi connectivity index (χ1n) is 8.80. The molecule has 8 nitrogen and oxygen atoms in total. The number of carbonyl (C=O) groups is 1. The number of sulfone groups is 1. The second-order valence-electron chi connectivity index (χ2n) is 6.50. The normalized spacial score (nSPS) is 11.3. The Bertz CT molecular complexity index is 1140. The van der Waals surface area contributed by atoms with Gasteiger partial charge in [-0.05, 0) is 43.7 Å². The second kappa shape index (κ2) is 8.44. The molecule has 0 saturated carbocycles. The maximum absolute atomic E-state index is 12.5.